The molecule has 0 saturated carbocycles. The average Bonchev–Trinajstić information content (AvgIpc) is 3.32. The van der Waals surface area contributed by atoms with Crippen LogP contribution >= 0.6 is 0 Å². The number of esters is 1. The maximum Gasteiger partial charge on any atom is 0.372 e. The average molecular weight is 502 g/mol. The molecule has 35 heavy (non-hydrogen) atoms. The Hall–Kier alpha value is -2.15. The second-order valence-electron chi connectivity index (χ2n) is 8.50. The topological polar surface area (TPSA) is 126 Å². The van der Waals surface area contributed by atoms with Crippen molar-refractivity contribution in [1.29, 1.82) is 0 Å². The van der Waals surface area contributed by atoms with Crippen LogP contribution in [0.5, 0.6) is 17.2 Å². The number of carbonyl (C=O) groups excluding carboxylic acids is 1. The van der Waals surface area contributed by atoms with E-state index in [1.54, 1.807) is 32.9 Å². The molecule has 0 amide bonds. The predicted octanol–water partition coefficient (Wildman–Crippen LogP) is 1.63. The van der Waals surface area contributed by atoms with Gasteiger partial charge in [-0.1, -0.05) is 0 Å². The zero-order chi connectivity index (χ0) is 25.7. The molecule has 0 aliphatic carbocycles. The van der Waals surface area contributed by atoms with Crippen LogP contribution in [0.4, 0.5) is 0 Å². The number of methoxy groups -OCH3 is 2. The Bertz CT molecular complexity index is 774. The molecule has 200 valence electrons. The van der Waals surface area contributed by atoms with Crippen molar-refractivity contribution in [3.05, 3.63) is 17.7 Å². The number of rotatable bonds is 16. The Morgan fingerprint density at radius 3 is 1.94 bits per heavy atom. The first kappa shape index (κ1) is 29.1. The van der Waals surface area contributed by atoms with Gasteiger partial charge in [0.25, 0.3) is 5.79 Å². The zero-order valence-corrected chi connectivity index (χ0v) is 21.4. The summed E-state index contributed by atoms with van der Waals surface area (Å²) in [7, 11) is 2.99. The molecule has 1 aliphatic heterocycles. The third-order valence-corrected chi connectivity index (χ3v) is 4.68. The second kappa shape index (κ2) is 14.4. The molecule has 0 unspecified atom stereocenters. The van der Waals surface area contributed by atoms with Crippen molar-refractivity contribution in [3.63, 3.8) is 0 Å². The third kappa shape index (κ3) is 8.78. The summed E-state index contributed by atoms with van der Waals surface area (Å²) in [5.74, 6) is -1.31. The van der Waals surface area contributed by atoms with E-state index in [4.69, 9.17) is 48.4 Å². The largest absolute Gasteiger partial charge is 0.493 e. The van der Waals surface area contributed by atoms with Gasteiger partial charge in [0.1, 0.15) is 12.2 Å². The molecule has 1 aromatic carbocycles. The van der Waals surface area contributed by atoms with Gasteiger partial charge in [-0.25, -0.2) is 4.79 Å². The highest BCUT2D eigenvalue weighted by molar-refractivity contribution is 5.81. The van der Waals surface area contributed by atoms with Gasteiger partial charge in [0, 0.05) is 12.1 Å². The van der Waals surface area contributed by atoms with Crippen LogP contribution in [-0.2, 0) is 39.0 Å². The van der Waals surface area contributed by atoms with Crippen LogP contribution in [0.15, 0.2) is 12.1 Å². The summed E-state index contributed by atoms with van der Waals surface area (Å²) in [4.78, 5) is 13.1. The number of hydrogen-bond donors (Lipinski definition) is 1. The molecule has 2 rings (SSSR count). The minimum atomic E-state index is -1.73. The summed E-state index contributed by atoms with van der Waals surface area (Å²) in [5.41, 5.74) is 5.00. The fourth-order valence-electron chi connectivity index (χ4n) is 3.22. The highest BCUT2D eigenvalue weighted by Gasteiger charge is 2.50. The molecule has 0 bridgehead atoms. The van der Waals surface area contributed by atoms with Gasteiger partial charge in [-0.3, -0.25) is 0 Å². The van der Waals surface area contributed by atoms with Gasteiger partial charge in [0.05, 0.1) is 67.1 Å². The van der Waals surface area contributed by atoms with Crippen LogP contribution in [-0.4, -0.2) is 91.8 Å². The fourth-order valence-corrected chi connectivity index (χ4v) is 3.22. The molecule has 11 nitrogen and oxygen atoms in total. The molecule has 0 radical (unpaired) electrons. The standard InChI is InChI=1S/C24H39NO10/c1-23(2,3)35-22(26)24(33-14-15-34-24)18-16-19(27-4)21(28-5)20(17-18)32-13-12-31-11-10-30-9-8-29-7-6-25/h16-17H,6-15,25H2,1-5H3. The highest BCUT2D eigenvalue weighted by Crippen LogP contribution is 2.44. The van der Waals surface area contributed by atoms with Gasteiger partial charge in [-0.15, -0.1) is 0 Å². The lowest BCUT2D eigenvalue weighted by Crippen LogP contribution is -2.42. The first-order chi connectivity index (χ1) is 16.8. The van der Waals surface area contributed by atoms with Crippen molar-refractivity contribution in [2.75, 3.05) is 80.2 Å². The summed E-state index contributed by atoms with van der Waals surface area (Å²) in [6.45, 7) is 9.16. The van der Waals surface area contributed by atoms with Crippen molar-refractivity contribution in [1.82, 2.24) is 0 Å². The molecular weight excluding hydrogens is 462 g/mol. The van der Waals surface area contributed by atoms with E-state index in [1.165, 1.54) is 14.2 Å². The van der Waals surface area contributed by atoms with E-state index >= 15 is 0 Å². The minimum Gasteiger partial charge on any atom is -0.493 e. The fraction of sp³-hybridized carbons (Fsp3) is 0.708. The third-order valence-electron chi connectivity index (χ3n) is 4.68. The molecule has 0 spiro atoms. The number of carbonyl (C=O) groups is 1. The van der Waals surface area contributed by atoms with Crippen molar-refractivity contribution in [2.45, 2.75) is 32.2 Å². The Kier molecular flexibility index (Phi) is 12.0. The number of ether oxygens (including phenoxy) is 9. The van der Waals surface area contributed by atoms with E-state index < -0.39 is 17.4 Å². The van der Waals surface area contributed by atoms with Crippen molar-refractivity contribution < 1.29 is 47.4 Å². The van der Waals surface area contributed by atoms with E-state index in [0.717, 1.165) is 0 Å². The maximum atomic E-state index is 13.1. The molecule has 1 saturated heterocycles. The lowest BCUT2D eigenvalue weighted by Gasteiger charge is -2.30. The van der Waals surface area contributed by atoms with E-state index in [1.807, 2.05) is 0 Å². The predicted molar refractivity (Wildman–Crippen MR) is 126 cm³/mol. The van der Waals surface area contributed by atoms with Crippen molar-refractivity contribution >= 4 is 5.97 Å². The van der Waals surface area contributed by atoms with Crippen LogP contribution in [0, 0.1) is 0 Å². The van der Waals surface area contributed by atoms with Gasteiger partial charge in [0.2, 0.25) is 5.75 Å². The van der Waals surface area contributed by atoms with Gasteiger partial charge in [-0.05, 0) is 32.9 Å². The van der Waals surface area contributed by atoms with Crippen molar-refractivity contribution in [2.24, 2.45) is 5.73 Å². The van der Waals surface area contributed by atoms with E-state index in [-0.39, 0.29) is 19.8 Å². The number of nitrogens with two attached hydrogens (primary N) is 1. The molecule has 2 N–H and O–H groups in total. The van der Waals surface area contributed by atoms with Crippen molar-refractivity contribution in [3.8, 4) is 17.2 Å². The van der Waals surface area contributed by atoms with Gasteiger partial charge in [-0.2, -0.15) is 0 Å². The minimum absolute atomic E-state index is 0.226. The van der Waals surface area contributed by atoms with Crippen LogP contribution in [0.25, 0.3) is 0 Å². The van der Waals surface area contributed by atoms with Gasteiger partial charge < -0.3 is 48.4 Å². The molecule has 1 aromatic rings. The maximum absolute atomic E-state index is 13.1. The summed E-state index contributed by atoms with van der Waals surface area (Å²) in [6, 6.07) is 3.24. The molecule has 1 heterocycles. The summed E-state index contributed by atoms with van der Waals surface area (Å²) in [6.07, 6.45) is 0. The Balaban J connectivity index is 2.02. The Labute approximate surface area is 207 Å². The first-order valence-corrected chi connectivity index (χ1v) is 11.6. The highest BCUT2D eigenvalue weighted by atomic mass is 16.8. The molecule has 1 aliphatic rings. The van der Waals surface area contributed by atoms with E-state index in [0.29, 0.717) is 69.0 Å². The van der Waals surface area contributed by atoms with Crippen LogP contribution < -0.4 is 19.9 Å². The molecule has 0 atom stereocenters. The first-order valence-electron chi connectivity index (χ1n) is 11.6. The van der Waals surface area contributed by atoms with Gasteiger partial charge in [0.15, 0.2) is 11.5 Å². The quantitative estimate of drug-likeness (QED) is 0.262. The molecule has 11 heteroatoms. The smallest absolute Gasteiger partial charge is 0.372 e. The Morgan fingerprint density at radius 1 is 0.886 bits per heavy atom. The lowest BCUT2D eigenvalue weighted by molar-refractivity contribution is -0.221. The van der Waals surface area contributed by atoms with Crippen LogP contribution in [0.2, 0.25) is 0 Å². The summed E-state index contributed by atoms with van der Waals surface area (Å²) < 4.78 is 50.2. The number of benzene rings is 1. The monoisotopic (exact) mass is 501 g/mol. The molecular formula is C24H39NO10. The Morgan fingerprint density at radius 2 is 1.43 bits per heavy atom. The zero-order valence-electron chi connectivity index (χ0n) is 21.4. The second-order valence-corrected chi connectivity index (χ2v) is 8.50. The van der Waals surface area contributed by atoms with Crippen LogP contribution in [0.1, 0.15) is 26.3 Å². The van der Waals surface area contributed by atoms with E-state index in [9.17, 15) is 4.79 Å². The van der Waals surface area contributed by atoms with Crippen LogP contribution in [0.3, 0.4) is 0 Å². The van der Waals surface area contributed by atoms with E-state index in [2.05, 4.69) is 0 Å². The summed E-state index contributed by atoms with van der Waals surface area (Å²) >= 11 is 0. The lowest BCUT2D eigenvalue weighted by atomic mass is 10.0. The SMILES string of the molecule is COc1cc(C2(C(=O)OC(C)(C)C)OCCO2)cc(OCCOCCOCCOCCN)c1OC. The summed E-state index contributed by atoms with van der Waals surface area (Å²) in [5, 5.41) is 0. The molecule has 1 fully saturated rings. The number of hydrogen-bond acceptors (Lipinski definition) is 11. The molecule has 0 aromatic heterocycles. The van der Waals surface area contributed by atoms with Gasteiger partial charge >= 0.3 is 5.97 Å². The normalized spacial score (nSPS) is 15.1.